The maximum atomic E-state index is 12.5. The number of nitrogens with zero attached hydrogens (tertiary/aromatic N) is 1. The average molecular weight is 323 g/mol. The van der Waals surface area contributed by atoms with E-state index in [1.54, 1.807) is 0 Å². The van der Waals surface area contributed by atoms with Crippen molar-refractivity contribution in [1.82, 2.24) is 15.8 Å². The lowest BCUT2D eigenvalue weighted by molar-refractivity contribution is -0.142. The molecule has 2 N–H and O–H groups in total. The molecule has 1 aliphatic heterocycles. The Morgan fingerprint density at radius 2 is 1.78 bits per heavy atom. The summed E-state index contributed by atoms with van der Waals surface area (Å²) in [5.74, 6) is -0.792. The molecular weight excluding hydrogens is 298 g/mol. The molecule has 0 aromatic rings. The third-order valence-corrected chi connectivity index (χ3v) is 5.11. The third-order valence-electron chi connectivity index (χ3n) is 5.11. The number of rotatable bonds is 4. The summed E-state index contributed by atoms with van der Waals surface area (Å²) in [6.45, 7) is -0.116. The highest BCUT2D eigenvalue weighted by molar-refractivity contribution is 6.08. The Morgan fingerprint density at radius 1 is 1.13 bits per heavy atom. The van der Waals surface area contributed by atoms with Crippen LogP contribution in [0.25, 0.3) is 0 Å². The van der Waals surface area contributed by atoms with E-state index < -0.39 is 17.5 Å². The van der Waals surface area contributed by atoms with Gasteiger partial charge in [0.1, 0.15) is 12.1 Å². The SMILES string of the molecule is O=C(COC1CCCCC1)NN1C(=O)NC2(CCCCC2)C1=O. The number of hydrogen-bond donors (Lipinski definition) is 2. The molecule has 3 aliphatic rings. The second kappa shape index (κ2) is 6.86. The maximum absolute atomic E-state index is 12.5. The highest BCUT2D eigenvalue weighted by atomic mass is 16.5. The molecule has 4 amide bonds. The fourth-order valence-electron chi connectivity index (χ4n) is 3.80. The van der Waals surface area contributed by atoms with Gasteiger partial charge in [0.05, 0.1) is 6.10 Å². The molecule has 1 spiro atoms. The smallest absolute Gasteiger partial charge is 0.344 e. The van der Waals surface area contributed by atoms with Crippen LogP contribution in [0.2, 0.25) is 0 Å². The van der Waals surface area contributed by atoms with Crippen molar-refractivity contribution < 1.29 is 19.1 Å². The second-order valence-corrected chi connectivity index (χ2v) is 6.82. The Labute approximate surface area is 136 Å². The fourth-order valence-corrected chi connectivity index (χ4v) is 3.80. The van der Waals surface area contributed by atoms with Crippen LogP contribution < -0.4 is 10.7 Å². The minimum Gasteiger partial charge on any atom is -0.368 e. The van der Waals surface area contributed by atoms with Crippen LogP contribution >= 0.6 is 0 Å². The predicted molar refractivity (Wildman–Crippen MR) is 82.2 cm³/mol. The molecule has 0 aromatic heterocycles. The van der Waals surface area contributed by atoms with Gasteiger partial charge >= 0.3 is 6.03 Å². The van der Waals surface area contributed by atoms with Crippen LogP contribution in [0.1, 0.15) is 64.2 Å². The number of carbonyl (C=O) groups is 3. The third kappa shape index (κ3) is 3.49. The van der Waals surface area contributed by atoms with Gasteiger partial charge in [-0.05, 0) is 25.7 Å². The van der Waals surface area contributed by atoms with Gasteiger partial charge in [-0.15, -0.1) is 0 Å². The van der Waals surface area contributed by atoms with E-state index in [2.05, 4.69) is 10.7 Å². The molecule has 0 atom stereocenters. The van der Waals surface area contributed by atoms with E-state index in [1.165, 1.54) is 6.42 Å². The topological polar surface area (TPSA) is 87.7 Å². The first-order valence-corrected chi connectivity index (χ1v) is 8.68. The quantitative estimate of drug-likeness (QED) is 0.770. The molecule has 7 heteroatoms. The molecule has 7 nitrogen and oxygen atoms in total. The predicted octanol–water partition coefficient (Wildman–Crippen LogP) is 1.62. The monoisotopic (exact) mass is 323 g/mol. The summed E-state index contributed by atoms with van der Waals surface area (Å²) in [5, 5.41) is 3.59. The molecule has 0 aromatic carbocycles. The second-order valence-electron chi connectivity index (χ2n) is 6.82. The van der Waals surface area contributed by atoms with Crippen molar-refractivity contribution >= 4 is 17.8 Å². The normalized spacial score (nSPS) is 24.8. The number of hydrogen-bond acceptors (Lipinski definition) is 4. The molecule has 23 heavy (non-hydrogen) atoms. The van der Waals surface area contributed by atoms with Gasteiger partial charge in [0.2, 0.25) is 0 Å². The van der Waals surface area contributed by atoms with Crippen LogP contribution in [-0.2, 0) is 14.3 Å². The number of carbonyl (C=O) groups excluding carboxylic acids is 3. The van der Waals surface area contributed by atoms with Crippen LogP contribution in [0.3, 0.4) is 0 Å². The standard InChI is InChI=1S/C16H25N3O4/c20-13(11-23-12-7-3-1-4-8-12)18-19-14(21)16(17-15(19)22)9-5-2-6-10-16/h12H,1-11H2,(H,17,22)(H,18,20). The Balaban J connectivity index is 1.51. The molecule has 3 fully saturated rings. The highest BCUT2D eigenvalue weighted by Crippen LogP contribution is 2.32. The zero-order valence-corrected chi connectivity index (χ0v) is 13.4. The van der Waals surface area contributed by atoms with Crippen molar-refractivity contribution in [1.29, 1.82) is 0 Å². The van der Waals surface area contributed by atoms with E-state index in [4.69, 9.17) is 4.74 Å². The molecule has 3 rings (SSSR count). The summed E-state index contributed by atoms with van der Waals surface area (Å²) >= 11 is 0. The first kappa shape index (κ1) is 16.2. The molecule has 128 valence electrons. The van der Waals surface area contributed by atoms with E-state index in [-0.39, 0.29) is 18.6 Å². The number of urea groups is 1. The van der Waals surface area contributed by atoms with Crippen LogP contribution in [0.4, 0.5) is 4.79 Å². The number of ether oxygens (including phenoxy) is 1. The number of nitrogens with one attached hydrogen (secondary N) is 2. The van der Waals surface area contributed by atoms with Gasteiger partial charge in [0.25, 0.3) is 11.8 Å². The number of amides is 4. The van der Waals surface area contributed by atoms with E-state index in [9.17, 15) is 14.4 Å². The lowest BCUT2D eigenvalue weighted by Crippen LogP contribution is -2.51. The molecule has 0 radical (unpaired) electrons. The minimum absolute atomic E-state index is 0.113. The van der Waals surface area contributed by atoms with Gasteiger partial charge in [-0.3, -0.25) is 15.0 Å². The summed E-state index contributed by atoms with van der Waals surface area (Å²) in [7, 11) is 0. The zero-order chi connectivity index (χ0) is 16.3. The molecular formula is C16H25N3O4. The Hall–Kier alpha value is -1.63. The lowest BCUT2D eigenvalue weighted by Gasteiger charge is -2.30. The van der Waals surface area contributed by atoms with Crippen molar-refractivity contribution in [2.24, 2.45) is 0 Å². The van der Waals surface area contributed by atoms with E-state index in [0.717, 1.165) is 50.0 Å². The van der Waals surface area contributed by atoms with Gasteiger partial charge in [-0.1, -0.05) is 38.5 Å². The summed E-state index contributed by atoms with van der Waals surface area (Å²) in [4.78, 5) is 36.6. The highest BCUT2D eigenvalue weighted by Gasteiger charge is 2.52. The summed E-state index contributed by atoms with van der Waals surface area (Å²) in [6, 6.07) is -0.539. The largest absolute Gasteiger partial charge is 0.368 e. The molecule has 2 aliphatic carbocycles. The number of imide groups is 1. The van der Waals surface area contributed by atoms with E-state index in [0.29, 0.717) is 12.8 Å². The fraction of sp³-hybridized carbons (Fsp3) is 0.812. The zero-order valence-electron chi connectivity index (χ0n) is 13.4. The van der Waals surface area contributed by atoms with Crippen LogP contribution in [0.5, 0.6) is 0 Å². The molecule has 1 heterocycles. The Kier molecular flexibility index (Phi) is 4.84. The molecule has 1 saturated heterocycles. The minimum atomic E-state index is -0.813. The van der Waals surface area contributed by atoms with Gasteiger partial charge in [0.15, 0.2) is 0 Å². The van der Waals surface area contributed by atoms with E-state index in [1.807, 2.05) is 0 Å². The molecule has 2 saturated carbocycles. The Bertz CT molecular complexity index is 482. The van der Waals surface area contributed by atoms with Gasteiger partial charge in [-0.2, -0.15) is 5.01 Å². The number of hydrazine groups is 1. The summed E-state index contributed by atoms with van der Waals surface area (Å²) in [6.07, 6.45) is 9.72. The Morgan fingerprint density at radius 3 is 2.48 bits per heavy atom. The van der Waals surface area contributed by atoms with Crippen LogP contribution in [-0.4, -0.2) is 41.1 Å². The van der Waals surface area contributed by atoms with Crippen molar-refractivity contribution in [2.45, 2.75) is 75.9 Å². The lowest BCUT2D eigenvalue weighted by atomic mass is 9.82. The van der Waals surface area contributed by atoms with Crippen molar-refractivity contribution in [2.75, 3.05) is 6.61 Å². The van der Waals surface area contributed by atoms with Crippen LogP contribution in [0.15, 0.2) is 0 Å². The van der Waals surface area contributed by atoms with Crippen LogP contribution in [0, 0.1) is 0 Å². The molecule has 0 bridgehead atoms. The van der Waals surface area contributed by atoms with Crippen molar-refractivity contribution in [3.05, 3.63) is 0 Å². The van der Waals surface area contributed by atoms with Gasteiger partial charge in [-0.25, -0.2) is 4.79 Å². The van der Waals surface area contributed by atoms with Gasteiger partial charge < -0.3 is 10.1 Å². The first-order chi connectivity index (χ1) is 11.1. The average Bonchev–Trinajstić information content (AvgIpc) is 2.79. The molecule has 0 unspecified atom stereocenters. The van der Waals surface area contributed by atoms with E-state index >= 15 is 0 Å². The van der Waals surface area contributed by atoms with Crippen molar-refractivity contribution in [3.63, 3.8) is 0 Å². The van der Waals surface area contributed by atoms with Crippen molar-refractivity contribution in [3.8, 4) is 0 Å². The first-order valence-electron chi connectivity index (χ1n) is 8.68. The summed E-state index contributed by atoms with van der Waals surface area (Å²) < 4.78 is 5.58. The maximum Gasteiger partial charge on any atom is 0.344 e. The summed E-state index contributed by atoms with van der Waals surface area (Å²) in [5.41, 5.74) is 1.58. The van der Waals surface area contributed by atoms with Gasteiger partial charge in [0, 0.05) is 0 Å².